The van der Waals surface area contributed by atoms with Gasteiger partial charge in [0.2, 0.25) is 0 Å². The van der Waals surface area contributed by atoms with Gasteiger partial charge in [0, 0.05) is 18.7 Å². The number of rotatable bonds is 7. The van der Waals surface area contributed by atoms with E-state index in [2.05, 4.69) is 15.4 Å². The smallest absolute Gasteiger partial charge is 0.319 e. The van der Waals surface area contributed by atoms with Crippen LogP contribution in [0.2, 0.25) is 0 Å². The average Bonchev–Trinajstić information content (AvgIpc) is 2.51. The lowest BCUT2D eigenvalue weighted by molar-refractivity contribution is -0.140. The first kappa shape index (κ1) is 16.5. The summed E-state index contributed by atoms with van der Waals surface area (Å²) in [5.74, 6) is -0.207. The number of benzene rings is 1. The second-order valence-electron chi connectivity index (χ2n) is 4.46. The molecule has 112 valence electrons. The van der Waals surface area contributed by atoms with Crippen molar-refractivity contribution in [1.29, 1.82) is 5.26 Å². The summed E-state index contributed by atoms with van der Waals surface area (Å²) >= 11 is 0. The topological polar surface area (TPSA) is 91.2 Å². The monoisotopic (exact) mass is 289 g/mol. The summed E-state index contributed by atoms with van der Waals surface area (Å²) in [7, 11) is 1.37. The van der Waals surface area contributed by atoms with Gasteiger partial charge in [-0.3, -0.25) is 4.79 Å². The second-order valence-corrected chi connectivity index (χ2v) is 4.46. The molecule has 2 N–H and O–H groups in total. The normalized spacial score (nSPS) is 9.52. The number of nitriles is 1. The molecule has 1 aromatic carbocycles. The number of urea groups is 1. The van der Waals surface area contributed by atoms with Gasteiger partial charge in [0.15, 0.2) is 0 Å². The van der Waals surface area contributed by atoms with Crippen LogP contribution in [0, 0.1) is 11.3 Å². The molecule has 21 heavy (non-hydrogen) atoms. The van der Waals surface area contributed by atoms with Gasteiger partial charge in [-0.1, -0.05) is 6.42 Å². The lowest BCUT2D eigenvalue weighted by Gasteiger charge is -2.07. The third kappa shape index (κ3) is 6.97. The van der Waals surface area contributed by atoms with Crippen LogP contribution in [-0.4, -0.2) is 25.7 Å². The average molecular weight is 289 g/mol. The fraction of sp³-hybridized carbons (Fsp3) is 0.400. The highest BCUT2D eigenvalue weighted by Gasteiger charge is 2.02. The van der Waals surface area contributed by atoms with E-state index >= 15 is 0 Å². The number of carbonyl (C=O) groups is 2. The molecule has 1 rings (SSSR count). The van der Waals surface area contributed by atoms with Gasteiger partial charge in [-0.15, -0.1) is 0 Å². The number of nitrogens with zero attached hydrogens (tertiary/aromatic N) is 1. The van der Waals surface area contributed by atoms with Crippen LogP contribution in [0.4, 0.5) is 10.5 Å². The van der Waals surface area contributed by atoms with Gasteiger partial charge in [0.25, 0.3) is 0 Å². The number of methoxy groups -OCH3 is 1. The lowest BCUT2D eigenvalue weighted by Crippen LogP contribution is -2.29. The molecule has 0 aromatic heterocycles. The molecular weight excluding hydrogens is 270 g/mol. The molecule has 2 amide bonds. The van der Waals surface area contributed by atoms with Gasteiger partial charge in [0.05, 0.1) is 18.7 Å². The fourth-order valence-corrected chi connectivity index (χ4v) is 1.68. The van der Waals surface area contributed by atoms with Crippen LogP contribution in [0.15, 0.2) is 24.3 Å². The van der Waals surface area contributed by atoms with E-state index in [1.54, 1.807) is 24.3 Å². The molecule has 0 fully saturated rings. The molecule has 0 unspecified atom stereocenters. The van der Waals surface area contributed by atoms with Crippen molar-refractivity contribution in [3.05, 3.63) is 29.8 Å². The lowest BCUT2D eigenvalue weighted by atomic mass is 10.2. The SMILES string of the molecule is COC(=O)CCCCCNC(=O)Nc1ccc(C#N)cc1. The van der Waals surface area contributed by atoms with Crippen molar-refractivity contribution in [2.45, 2.75) is 25.7 Å². The van der Waals surface area contributed by atoms with Gasteiger partial charge in [-0.2, -0.15) is 5.26 Å². The third-order valence-electron chi connectivity index (χ3n) is 2.84. The largest absolute Gasteiger partial charge is 0.469 e. The zero-order chi connectivity index (χ0) is 15.5. The molecule has 0 radical (unpaired) electrons. The number of esters is 1. The quantitative estimate of drug-likeness (QED) is 0.595. The molecule has 0 aliphatic carbocycles. The maximum atomic E-state index is 11.6. The molecule has 0 atom stereocenters. The molecule has 6 nitrogen and oxygen atoms in total. The number of hydrogen-bond acceptors (Lipinski definition) is 4. The van der Waals surface area contributed by atoms with Gasteiger partial charge in [0.1, 0.15) is 0 Å². The van der Waals surface area contributed by atoms with E-state index in [0.29, 0.717) is 24.2 Å². The van der Waals surface area contributed by atoms with Gasteiger partial charge >= 0.3 is 12.0 Å². The standard InChI is InChI=1S/C15H19N3O3/c1-21-14(19)5-3-2-4-10-17-15(20)18-13-8-6-12(11-16)7-9-13/h6-9H,2-5,10H2,1H3,(H2,17,18,20). The van der Waals surface area contributed by atoms with Crippen molar-refractivity contribution in [3.8, 4) is 6.07 Å². The summed E-state index contributed by atoms with van der Waals surface area (Å²) in [4.78, 5) is 22.5. The first-order valence-electron chi connectivity index (χ1n) is 6.77. The molecule has 0 aliphatic rings. The highest BCUT2D eigenvalue weighted by Crippen LogP contribution is 2.08. The minimum absolute atomic E-state index is 0.207. The summed E-state index contributed by atoms with van der Waals surface area (Å²) in [6.07, 6.45) is 2.82. The third-order valence-corrected chi connectivity index (χ3v) is 2.84. The molecule has 0 bridgehead atoms. The Morgan fingerprint density at radius 2 is 1.90 bits per heavy atom. The van der Waals surface area contributed by atoms with E-state index in [9.17, 15) is 9.59 Å². The van der Waals surface area contributed by atoms with Crippen LogP contribution in [0.3, 0.4) is 0 Å². The predicted molar refractivity (Wildman–Crippen MR) is 78.7 cm³/mol. The number of nitrogens with one attached hydrogen (secondary N) is 2. The summed E-state index contributed by atoms with van der Waals surface area (Å²) in [6, 6.07) is 8.36. The van der Waals surface area contributed by atoms with Gasteiger partial charge < -0.3 is 15.4 Å². The summed E-state index contributed by atoms with van der Waals surface area (Å²) < 4.78 is 4.54. The molecule has 0 saturated heterocycles. The number of carbonyl (C=O) groups excluding carboxylic acids is 2. The van der Waals surface area contributed by atoms with E-state index in [4.69, 9.17) is 5.26 Å². The van der Waals surface area contributed by atoms with Crippen molar-refractivity contribution in [2.75, 3.05) is 19.0 Å². The summed E-state index contributed by atoms with van der Waals surface area (Å²) in [5, 5.41) is 14.1. The van der Waals surface area contributed by atoms with E-state index in [1.807, 2.05) is 6.07 Å². The maximum absolute atomic E-state index is 11.6. The minimum Gasteiger partial charge on any atom is -0.469 e. The first-order chi connectivity index (χ1) is 10.2. The summed E-state index contributed by atoms with van der Waals surface area (Å²) in [5.41, 5.74) is 1.18. The van der Waals surface area contributed by atoms with Crippen LogP contribution in [0.1, 0.15) is 31.2 Å². The van der Waals surface area contributed by atoms with Crippen LogP contribution < -0.4 is 10.6 Å². The number of hydrogen-bond donors (Lipinski definition) is 2. The molecule has 1 aromatic rings. The Labute approximate surface area is 124 Å². The number of amides is 2. The maximum Gasteiger partial charge on any atom is 0.319 e. The number of ether oxygens (including phenoxy) is 1. The Balaban J connectivity index is 2.13. The summed E-state index contributed by atoms with van der Waals surface area (Å²) in [6.45, 7) is 0.545. The van der Waals surface area contributed by atoms with Crippen molar-refractivity contribution in [3.63, 3.8) is 0 Å². The molecule has 0 aliphatic heterocycles. The zero-order valence-corrected chi connectivity index (χ0v) is 12.0. The molecule has 0 spiro atoms. The van der Waals surface area contributed by atoms with Crippen molar-refractivity contribution in [2.24, 2.45) is 0 Å². The predicted octanol–water partition coefficient (Wildman–Crippen LogP) is 2.41. The van der Waals surface area contributed by atoms with Gasteiger partial charge in [-0.25, -0.2) is 4.79 Å². The number of unbranched alkanes of at least 4 members (excludes halogenated alkanes) is 2. The zero-order valence-electron chi connectivity index (χ0n) is 12.0. The second kappa shape index (κ2) is 9.37. The van der Waals surface area contributed by atoms with E-state index < -0.39 is 0 Å². The Hall–Kier alpha value is -2.55. The Bertz CT molecular complexity index is 506. The van der Waals surface area contributed by atoms with Crippen molar-refractivity contribution < 1.29 is 14.3 Å². The molecule has 6 heteroatoms. The fourth-order valence-electron chi connectivity index (χ4n) is 1.68. The Kier molecular flexibility index (Phi) is 7.36. The Morgan fingerprint density at radius 1 is 1.19 bits per heavy atom. The van der Waals surface area contributed by atoms with Crippen LogP contribution in [0.5, 0.6) is 0 Å². The Morgan fingerprint density at radius 3 is 2.52 bits per heavy atom. The van der Waals surface area contributed by atoms with E-state index in [1.165, 1.54) is 7.11 Å². The molecule has 0 saturated carbocycles. The highest BCUT2D eigenvalue weighted by molar-refractivity contribution is 5.89. The first-order valence-corrected chi connectivity index (χ1v) is 6.77. The van der Waals surface area contributed by atoms with Crippen molar-refractivity contribution >= 4 is 17.7 Å². The molecule has 0 heterocycles. The van der Waals surface area contributed by atoms with Gasteiger partial charge in [-0.05, 0) is 37.1 Å². The van der Waals surface area contributed by atoms with Crippen LogP contribution >= 0.6 is 0 Å². The minimum atomic E-state index is -0.285. The molecular formula is C15H19N3O3. The highest BCUT2D eigenvalue weighted by atomic mass is 16.5. The van der Waals surface area contributed by atoms with E-state index in [0.717, 1.165) is 19.3 Å². The van der Waals surface area contributed by atoms with Crippen LogP contribution in [0.25, 0.3) is 0 Å². The van der Waals surface area contributed by atoms with Crippen LogP contribution in [-0.2, 0) is 9.53 Å². The van der Waals surface area contributed by atoms with E-state index in [-0.39, 0.29) is 12.0 Å². The van der Waals surface area contributed by atoms with Crippen molar-refractivity contribution in [1.82, 2.24) is 5.32 Å². The number of anilines is 1.